The fraction of sp³-hybridized carbons (Fsp3) is 0.622. The Labute approximate surface area is 606 Å². The van der Waals surface area contributed by atoms with E-state index >= 15 is 4.79 Å². The molecule has 1 unspecified atom stereocenters. The molecule has 3 aromatic carbocycles. The molecule has 4 saturated carbocycles. The fourth-order valence-electron chi connectivity index (χ4n) is 19.4. The van der Waals surface area contributed by atoms with Crippen molar-refractivity contribution in [3.05, 3.63) is 130 Å². The van der Waals surface area contributed by atoms with Gasteiger partial charge in [0.2, 0.25) is 12.0 Å². The lowest BCUT2D eigenvalue weighted by Gasteiger charge is -2.61. The Bertz CT molecular complexity index is 3630. The minimum Gasteiger partial charge on any atom is -0.455 e. The second-order valence-corrected chi connectivity index (χ2v) is 31.8. The van der Waals surface area contributed by atoms with Crippen LogP contribution in [0.3, 0.4) is 0 Å². The monoisotopic (exact) mass is 1420 g/mol. The van der Waals surface area contributed by atoms with E-state index < -0.39 is 138 Å². The number of aliphatic hydroxyl groups is 2. The molecule has 1 saturated heterocycles. The summed E-state index contributed by atoms with van der Waals surface area (Å²) in [5.41, 5.74) is -3.51. The molecule has 18 atom stereocenters. The lowest BCUT2D eigenvalue weighted by molar-refractivity contribution is -0.320. The van der Waals surface area contributed by atoms with Crippen LogP contribution < -0.4 is 16.0 Å². The van der Waals surface area contributed by atoms with Crippen LogP contribution in [0.5, 0.6) is 0 Å². The van der Waals surface area contributed by atoms with Crippen LogP contribution in [0.2, 0.25) is 0 Å². The number of esters is 5. The first-order valence-electron chi connectivity index (χ1n) is 37.5. The molecule has 103 heavy (non-hydrogen) atoms. The molecule has 21 heteroatoms. The third-order valence-electron chi connectivity index (χ3n) is 24.8. The van der Waals surface area contributed by atoms with Crippen molar-refractivity contribution in [2.75, 3.05) is 19.7 Å². The topological polar surface area (TPSA) is 295 Å². The van der Waals surface area contributed by atoms with E-state index in [1.807, 2.05) is 0 Å². The Morgan fingerprint density at radius 2 is 1.39 bits per heavy atom. The zero-order chi connectivity index (χ0) is 74.3. The lowest BCUT2D eigenvalue weighted by Crippen LogP contribution is -2.75. The standard InChI is InChI=1S/C82H109N3O18/c1-12-64(89)71(98-51(6)86)69-50(5)65(46-82(96,78(69,8)9)73(102-75(93)55-29-20-15-21-30-55)63-44-57(88)45-66-81(63,47-97-66)103-52(7)87)100-76(94)72(70(53-25-16-13-17-26-53)85-74(92)54-27-18-14-19-28-54)101-68(91)36-35-67(90)83-41-42-84-77(95)99-58-37-39-79(10)56(43-58)31-32-59-61-34-33-60(49(4)24-22-23-48(2)3)80(61,11)40-38-62(59)79/h13-21,25-31,48-49,57-63,65-66,70-73,88,96H,12,22-24,32-47H2,1-11H3,(H,83,90)(H,84,95)(H,85,92)/t49-,57-,58?,59+,60-,61+,62+,63-,65+,66-,70+,71+,72-,73+,79+,80-,81-,82-/m1/s1. The van der Waals surface area contributed by atoms with E-state index in [1.165, 1.54) is 88.6 Å². The summed E-state index contributed by atoms with van der Waals surface area (Å²) in [5.74, 6) is -3.76. The molecule has 3 aromatic rings. The predicted molar refractivity (Wildman–Crippen MR) is 382 cm³/mol. The average molecular weight is 1420 g/mol. The van der Waals surface area contributed by atoms with Gasteiger partial charge >= 0.3 is 35.9 Å². The van der Waals surface area contributed by atoms with Gasteiger partial charge in [-0.2, -0.15) is 0 Å². The van der Waals surface area contributed by atoms with Crippen molar-refractivity contribution in [1.29, 1.82) is 0 Å². The second kappa shape index (κ2) is 32.7. The number of Topliss-reactive ketones (excluding diaryl/α,β-unsaturated/α-hetero) is 1. The molecule has 560 valence electrons. The van der Waals surface area contributed by atoms with E-state index in [1.54, 1.807) is 87.5 Å². The van der Waals surface area contributed by atoms with Crippen LogP contribution in [0.1, 0.15) is 218 Å². The lowest BCUT2D eigenvalue weighted by atomic mass is 9.47. The van der Waals surface area contributed by atoms with E-state index in [0.29, 0.717) is 23.7 Å². The molecule has 5 fully saturated rings. The summed E-state index contributed by atoms with van der Waals surface area (Å²) in [6.07, 6.45) is 2.77. The number of alkyl carbamates (subject to hydrolysis) is 1. The number of ether oxygens (including phenoxy) is 7. The maximum atomic E-state index is 15.7. The van der Waals surface area contributed by atoms with Gasteiger partial charge in [0.15, 0.2) is 17.5 Å². The van der Waals surface area contributed by atoms with Crippen molar-refractivity contribution < 1.29 is 86.5 Å². The number of benzene rings is 3. The quantitative estimate of drug-likeness (QED) is 0.0195. The Kier molecular flexibility index (Phi) is 24.7. The van der Waals surface area contributed by atoms with Crippen LogP contribution in [-0.2, 0) is 61.9 Å². The van der Waals surface area contributed by atoms with Crippen molar-refractivity contribution in [2.24, 2.45) is 57.7 Å². The van der Waals surface area contributed by atoms with Gasteiger partial charge in [0, 0.05) is 75.9 Å². The second-order valence-electron chi connectivity index (χ2n) is 31.8. The molecule has 0 bridgehead atoms. The van der Waals surface area contributed by atoms with E-state index in [4.69, 9.17) is 33.2 Å². The highest BCUT2D eigenvalue weighted by Gasteiger charge is 2.70. The smallest absolute Gasteiger partial charge is 0.407 e. The number of hydrogen-bond acceptors (Lipinski definition) is 18. The Morgan fingerprint density at radius 3 is 2.03 bits per heavy atom. The van der Waals surface area contributed by atoms with Crippen molar-refractivity contribution in [2.45, 2.75) is 245 Å². The maximum Gasteiger partial charge on any atom is 0.407 e. The van der Waals surface area contributed by atoms with Gasteiger partial charge in [-0.1, -0.05) is 153 Å². The number of nitrogens with one attached hydrogen (secondary N) is 3. The van der Waals surface area contributed by atoms with Crippen molar-refractivity contribution >= 4 is 53.5 Å². The molecule has 7 aliphatic rings. The van der Waals surface area contributed by atoms with E-state index in [9.17, 15) is 48.6 Å². The van der Waals surface area contributed by atoms with Crippen LogP contribution >= 0.6 is 0 Å². The summed E-state index contributed by atoms with van der Waals surface area (Å²) >= 11 is 0. The first kappa shape index (κ1) is 77.9. The normalized spacial score (nSPS) is 30.4. The predicted octanol–water partition coefficient (Wildman–Crippen LogP) is 12.1. The molecule has 0 spiro atoms. The van der Waals surface area contributed by atoms with Crippen LogP contribution in [0.4, 0.5) is 4.79 Å². The van der Waals surface area contributed by atoms with Crippen molar-refractivity contribution in [3.8, 4) is 0 Å². The summed E-state index contributed by atoms with van der Waals surface area (Å²) in [4.78, 5) is 127. The van der Waals surface area contributed by atoms with Crippen molar-refractivity contribution in [1.82, 2.24) is 16.0 Å². The third kappa shape index (κ3) is 16.7. The number of rotatable bonds is 28. The molecule has 5 N–H and O–H groups in total. The van der Waals surface area contributed by atoms with Gasteiger partial charge in [-0.25, -0.2) is 14.4 Å². The molecule has 0 radical (unpaired) electrons. The molecule has 6 aliphatic carbocycles. The highest BCUT2D eigenvalue weighted by Crippen LogP contribution is 2.68. The van der Waals surface area contributed by atoms with Gasteiger partial charge in [-0.3, -0.25) is 28.8 Å². The van der Waals surface area contributed by atoms with Gasteiger partial charge < -0.3 is 59.3 Å². The van der Waals surface area contributed by atoms with Crippen LogP contribution in [0, 0.1) is 57.7 Å². The number of aliphatic hydroxyl groups excluding tert-OH is 1. The summed E-state index contributed by atoms with van der Waals surface area (Å²) in [5, 5.41) is 34.1. The number of amides is 3. The number of carbonyl (C=O) groups excluding carboxylic acids is 9. The summed E-state index contributed by atoms with van der Waals surface area (Å²) in [6.45, 7) is 20.4. The molecule has 10 rings (SSSR count). The molecule has 1 aliphatic heterocycles. The summed E-state index contributed by atoms with van der Waals surface area (Å²) in [6, 6.07) is 22.5. The molecule has 0 aromatic heterocycles. The SMILES string of the molecule is CCC(=O)[C@H](OC(C)=O)C1=C(C)[C@@H](OC(=O)[C@H](OC(=O)CCC(=O)NCCNC(=O)OC2CC[C@@]3(C)C(=CC[C@H]4[C@@H]5CC[C@H]([C@H](C)CCCC(C)C)[C@@]5(C)CC[C@@H]43)C2)[C@@H](NC(=O)c2ccccc2)c2ccccc2)C[C@@](O)([C@@H](OC(=O)c2ccccc2)[C@H]2C[C@@H](O)C[C@H]3OC[C@@]23OC(C)=O)C1(C)C. The van der Waals surface area contributed by atoms with Crippen LogP contribution in [0.15, 0.2) is 114 Å². The zero-order valence-corrected chi connectivity index (χ0v) is 62.0. The Morgan fingerprint density at radius 1 is 0.718 bits per heavy atom. The number of fused-ring (bicyclic) bond motifs is 6. The fourth-order valence-corrected chi connectivity index (χ4v) is 19.4. The van der Waals surface area contributed by atoms with Gasteiger partial charge in [-0.05, 0) is 146 Å². The first-order chi connectivity index (χ1) is 48.9. The van der Waals surface area contributed by atoms with Gasteiger partial charge in [-0.15, -0.1) is 0 Å². The third-order valence-corrected chi connectivity index (χ3v) is 24.8. The van der Waals surface area contributed by atoms with E-state index in [0.717, 1.165) is 49.9 Å². The first-order valence-corrected chi connectivity index (χ1v) is 37.5. The number of carbonyl (C=O) groups is 9. The molecule has 21 nitrogen and oxygen atoms in total. The average Bonchev–Trinajstić information content (AvgIpc) is 0.940. The van der Waals surface area contributed by atoms with Crippen molar-refractivity contribution in [3.63, 3.8) is 0 Å². The number of hydrogen-bond donors (Lipinski definition) is 5. The van der Waals surface area contributed by atoms with Gasteiger partial charge in [0.05, 0.1) is 24.7 Å². The van der Waals surface area contributed by atoms with Gasteiger partial charge in [0.1, 0.15) is 36.1 Å². The minimum atomic E-state index is -2.53. The minimum absolute atomic E-state index is 0.0112. The molecule has 3 amide bonds. The largest absolute Gasteiger partial charge is 0.455 e. The summed E-state index contributed by atoms with van der Waals surface area (Å²) in [7, 11) is 0. The summed E-state index contributed by atoms with van der Waals surface area (Å²) < 4.78 is 43.1. The van der Waals surface area contributed by atoms with Crippen LogP contribution in [0.25, 0.3) is 0 Å². The number of ketones is 1. The van der Waals surface area contributed by atoms with Crippen LogP contribution in [-0.4, -0.2) is 137 Å². The maximum absolute atomic E-state index is 15.7. The molecular formula is C82H109N3O18. The molecule has 1 heterocycles. The number of allylic oxidation sites excluding steroid dienone is 1. The van der Waals surface area contributed by atoms with Gasteiger partial charge in [0.25, 0.3) is 5.91 Å². The molecular weight excluding hydrogens is 1310 g/mol. The van der Waals surface area contributed by atoms with E-state index in [-0.39, 0.29) is 78.3 Å². The van der Waals surface area contributed by atoms with E-state index in [2.05, 4.69) is 56.6 Å². The highest BCUT2D eigenvalue weighted by atomic mass is 16.6. The Hall–Kier alpha value is -7.75. The highest BCUT2D eigenvalue weighted by molar-refractivity contribution is 5.95. The zero-order valence-electron chi connectivity index (χ0n) is 62.0. The Balaban J connectivity index is 0.852.